The summed E-state index contributed by atoms with van der Waals surface area (Å²) < 4.78 is 172. The van der Waals surface area contributed by atoms with Gasteiger partial charge in [0.1, 0.15) is 0 Å². The van der Waals surface area contributed by atoms with Gasteiger partial charge >= 0.3 is 0 Å². The number of anilines is 8. The molecule has 0 saturated heterocycles. The van der Waals surface area contributed by atoms with Gasteiger partial charge in [0.25, 0.3) is 6.71 Å². The third-order valence-electron chi connectivity index (χ3n) is 10.9. The summed E-state index contributed by atoms with van der Waals surface area (Å²) in [6.07, 6.45) is 2.55. The highest BCUT2D eigenvalue weighted by molar-refractivity contribution is 7.00. The van der Waals surface area contributed by atoms with E-state index in [9.17, 15) is 11.0 Å². The SMILES string of the molecule is [2H]c1c([2H])c([2H])c(N(c2cc3c4c5c2C2(C)CCCCC2(C)N5c2ccccc2B4c2c([2H])c([2H])c([2H])c([2H])c2N3c2c([2H])c([2H])c([2H])c([2H])c2[2H])c2c([2H])c([2H])c([2H])c([2H])c2[2H])c([2H])c1[2H]. The van der Waals surface area contributed by atoms with Gasteiger partial charge in [-0.2, -0.15) is 0 Å². The van der Waals surface area contributed by atoms with Gasteiger partial charge < -0.3 is 14.7 Å². The smallest absolute Gasteiger partial charge is 0.252 e. The van der Waals surface area contributed by atoms with E-state index in [4.69, 9.17) is 15.1 Å². The molecule has 3 aliphatic heterocycles. The molecule has 0 bridgehead atoms. The summed E-state index contributed by atoms with van der Waals surface area (Å²) in [5.74, 6) is 0. The normalized spacial score (nSPS) is 26.8. The molecule has 0 amide bonds. The lowest BCUT2D eigenvalue weighted by atomic mass is 9.33. The number of benzene rings is 6. The Labute approximate surface area is 310 Å². The predicted octanol–water partition coefficient (Wildman–Crippen LogP) is 9.51. The van der Waals surface area contributed by atoms with Crippen molar-refractivity contribution in [1.29, 1.82) is 0 Å². The van der Waals surface area contributed by atoms with Crippen LogP contribution in [0.3, 0.4) is 0 Å². The van der Waals surface area contributed by atoms with Crippen LogP contribution in [0.1, 0.15) is 71.1 Å². The zero-order valence-corrected chi connectivity index (χ0v) is 26.1. The second kappa shape index (κ2) is 10.1. The quantitative estimate of drug-likeness (QED) is 0.178. The second-order valence-electron chi connectivity index (χ2n) is 13.0. The van der Waals surface area contributed by atoms with E-state index in [1.54, 1.807) is 0 Å². The molecule has 1 saturated carbocycles. The minimum atomic E-state index is -0.995. The van der Waals surface area contributed by atoms with Crippen molar-refractivity contribution < 1.29 is 26.0 Å². The van der Waals surface area contributed by atoms with Crippen molar-refractivity contribution in [3.8, 4) is 0 Å². The molecule has 1 aliphatic carbocycles. The van der Waals surface area contributed by atoms with Gasteiger partial charge in [0.2, 0.25) is 0 Å². The van der Waals surface area contributed by atoms with Crippen LogP contribution < -0.4 is 31.1 Å². The van der Waals surface area contributed by atoms with Crippen LogP contribution in [0.15, 0.2) is 145 Å². The van der Waals surface area contributed by atoms with Crippen LogP contribution in [-0.4, -0.2) is 12.3 Å². The summed E-state index contributed by atoms with van der Waals surface area (Å²) in [6, 6.07) is -4.72. The molecule has 0 aromatic heterocycles. The number of nitrogens with zero attached hydrogens (tertiary/aromatic N) is 3. The van der Waals surface area contributed by atoms with Gasteiger partial charge in [-0.25, -0.2) is 0 Å². The fraction of sp³-hybridized carbons (Fsp3) is 0.182. The van der Waals surface area contributed by atoms with Crippen molar-refractivity contribution >= 4 is 68.6 Å². The maximum atomic E-state index is 9.58. The molecule has 232 valence electrons. The summed E-state index contributed by atoms with van der Waals surface area (Å²) in [4.78, 5) is 4.46. The van der Waals surface area contributed by atoms with E-state index in [0.717, 1.165) is 11.3 Å². The first-order valence-electron chi connectivity index (χ1n) is 25.5. The Kier molecular flexibility index (Phi) is 3.15. The minimum Gasteiger partial charge on any atom is -0.335 e. The van der Waals surface area contributed by atoms with Gasteiger partial charge in [-0.05, 0) is 90.6 Å². The number of rotatable bonds is 4. The van der Waals surface area contributed by atoms with E-state index >= 15 is 0 Å². The van der Waals surface area contributed by atoms with E-state index in [2.05, 4.69) is 11.8 Å². The summed E-state index contributed by atoms with van der Waals surface area (Å²) in [5.41, 5.74) is -0.906. The molecule has 0 radical (unpaired) electrons. The number of para-hydroxylation sites is 5. The van der Waals surface area contributed by atoms with Gasteiger partial charge in [0, 0.05) is 50.8 Å². The van der Waals surface area contributed by atoms with Crippen molar-refractivity contribution in [3.63, 3.8) is 0 Å². The molecule has 48 heavy (non-hydrogen) atoms. The molecule has 3 heterocycles. The first-order chi connectivity index (χ1) is 31.5. The maximum absolute atomic E-state index is 9.58. The fourth-order valence-electron chi connectivity index (χ4n) is 8.82. The van der Waals surface area contributed by atoms with Crippen molar-refractivity contribution in [2.45, 2.75) is 50.5 Å². The highest BCUT2D eigenvalue weighted by atomic mass is 15.3. The van der Waals surface area contributed by atoms with E-state index in [-0.39, 0.29) is 22.5 Å². The molecule has 6 aromatic rings. The molecule has 3 nitrogen and oxygen atoms in total. The van der Waals surface area contributed by atoms with Gasteiger partial charge in [0.05, 0.1) is 37.3 Å². The Morgan fingerprint density at radius 3 is 2.02 bits per heavy atom. The zero-order chi connectivity index (χ0) is 48.6. The fourth-order valence-corrected chi connectivity index (χ4v) is 8.82. The predicted molar refractivity (Wildman–Crippen MR) is 203 cm³/mol. The highest BCUT2D eigenvalue weighted by Gasteiger charge is 2.62. The average Bonchev–Trinajstić information content (AvgIpc) is 3.54. The average molecular weight is 639 g/mol. The lowest BCUT2D eigenvalue weighted by Gasteiger charge is -2.52. The van der Waals surface area contributed by atoms with Crippen LogP contribution in [-0.2, 0) is 5.41 Å². The molecule has 4 heteroatoms. The Hall–Kier alpha value is -5.22. The summed E-state index contributed by atoms with van der Waals surface area (Å²) in [6.45, 7) is 3.11. The Balaban J connectivity index is 1.52. The molecular formula is C44H38BN3. The molecule has 0 N–H and O–H groups in total. The highest BCUT2D eigenvalue weighted by Crippen LogP contribution is 2.65. The lowest BCUT2D eigenvalue weighted by Crippen LogP contribution is -2.64. The molecule has 4 aliphatic rings. The zero-order valence-electron chi connectivity index (χ0n) is 45.1. The third kappa shape index (κ3) is 3.55. The lowest BCUT2D eigenvalue weighted by molar-refractivity contribution is 0.195. The number of hydrogen-bond acceptors (Lipinski definition) is 3. The van der Waals surface area contributed by atoms with Crippen molar-refractivity contribution in [2.75, 3.05) is 14.7 Å². The largest absolute Gasteiger partial charge is 0.335 e. The van der Waals surface area contributed by atoms with Crippen LogP contribution in [0, 0.1) is 0 Å². The van der Waals surface area contributed by atoms with Crippen molar-refractivity contribution in [3.05, 3.63) is 151 Å². The van der Waals surface area contributed by atoms with Crippen LogP contribution in [0.5, 0.6) is 0 Å². The number of hydrogen-bond donors (Lipinski definition) is 0. The standard InChI is InChI=1S/C44H38BN3/c1-43-28-16-17-29-44(43,2)48-37-27-15-13-25-35(37)45-34-24-12-14-26-36(34)47(33-22-10-5-11-23-33)39-30-38(40(43)42(48)41(39)45)46(31-18-6-3-7-19-31)32-20-8-4-9-21-32/h3-15,18-27,30H,16-17,28-29H2,1-2H3/i3D,4D,5D,6D,7D,8D,9D,10D,11D,12D,14D,18D,19D,20D,21D,22D,23D,24D,26D. The summed E-state index contributed by atoms with van der Waals surface area (Å²) in [7, 11) is 0. The van der Waals surface area contributed by atoms with E-state index in [1.165, 1.54) is 11.0 Å². The van der Waals surface area contributed by atoms with Crippen LogP contribution in [0.25, 0.3) is 0 Å². The molecule has 2 atom stereocenters. The summed E-state index contributed by atoms with van der Waals surface area (Å²) >= 11 is 0. The molecule has 2 unspecified atom stereocenters. The summed E-state index contributed by atoms with van der Waals surface area (Å²) in [5, 5.41) is 0. The van der Waals surface area contributed by atoms with Gasteiger partial charge in [-0.1, -0.05) is 110 Å². The van der Waals surface area contributed by atoms with Gasteiger partial charge in [0.15, 0.2) is 0 Å². The maximum Gasteiger partial charge on any atom is 0.252 e. The Bertz CT molecular complexity index is 3130. The first-order valence-corrected chi connectivity index (χ1v) is 16.0. The molecule has 6 aromatic carbocycles. The molecule has 0 spiro atoms. The number of fused-ring (bicyclic) bond motifs is 8. The van der Waals surface area contributed by atoms with E-state index in [0.29, 0.717) is 47.1 Å². The Morgan fingerprint density at radius 1 is 0.667 bits per heavy atom. The van der Waals surface area contributed by atoms with Crippen LogP contribution >= 0.6 is 0 Å². The molecule has 10 rings (SSSR count). The first kappa shape index (κ1) is 14.9. The third-order valence-corrected chi connectivity index (χ3v) is 10.9. The van der Waals surface area contributed by atoms with E-state index < -0.39 is 150 Å². The van der Waals surface area contributed by atoms with E-state index in [1.807, 2.05) is 31.2 Å². The molecule has 1 fully saturated rings. The second-order valence-corrected chi connectivity index (χ2v) is 13.0. The molecular weight excluding hydrogens is 581 g/mol. The minimum absolute atomic E-state index is 0.0184. The van der Waals surface area contributed by atoms with Gasteiger partial charge in [-0.3, -0.25) is 0 Å². The van der Waals surface area contributed by atoms with Crippen molar-refractivity contribution in [1.82, 2.24) is 0 Å². The van der Waals surface area contributed by atoms with Gasteiger partial charge in [-0.15, -0.1) is 0 Å². The monoisotopic (exact) mass is 638 g/mol. The topological polar surface area (TPSA) is 9.72 Å². The Morgan fingerprint density at radius 2 is 1.29 bits per heavy atom. The van der Waals surface area contributed by atoms with Crippen molar-refractivity contribution in [2.24, 2.45) is 0 Å². The van der Waals surface area contributed by atoms with Crippen LogP contribution in [0.2, 0.25) is 0 Å². The van der Waals surface area contributed by atoms with Crippen LogP contribution in [0.4, 0.5) is 45.5 Å².